The minimum Gasteiger partial charge on any atom is -0.366 e. The van der Waals surface area contributed by atoms with Crippen molar-refractivity contribution in [2.24, 2.45) is 4.99 Å². The van der Waals surface area contributed by atoms with Gasteiger partial charge in [0.25, 0.3) is 0 Å². The summed E-state index contributed by atoms with van der Waals surface area (Å²) in [6.07, 6.45) is 2.56. The first-order valence-electron chi connectivity index (χ1n) is 7.56. The Morgan fingerprint density at radius 2 is 1.96 bits per heavy atom. The third-order valence-corrected chi connectivity index (χ3v) is 4.07. The van der Waals surface area contributed by atoms with Crippen LogP contribution in [0, 0.1) is 18.3 Å². The van der Waals surface area contributed by atoms with Crippen LogP contribution in [0.2, 0.25) is 5.02 Å². The van der Waals surface area contributed by atoms with Gasteiger partial charge in [-0.1, -0.05) is 23.7 Å². The van der Waals surface area contributed by atoms with Crippen LogP contribution in [0.15, 0.2) is 41.4 Å². The van der Waals surface area contributed by atoms with E-state index in [0.717, 1.165) is 40.4 Å². The Bertz CT molecular complexity index is 742. The van der Waals surface area contributed by atoms with Gasteiger partial charge in [0.15, 0.2) is 0 Å². The van der Waals surface area contributed by atoms with Crippen LogP contribution in [-0.4, -0.2) is 24.8 Å². The third-order valence-electron chi connectivity index (χ3n) is 3.82. The summed E-state index contributed by atoms with van der Waals surface area (Å²) in [6.45, 7) is 5.00. The minimum absolute atomic E-state index is 0.630. The fourth-order valence-electron chi connectivity index (χ4n) is 2.20. The fourth-order valence-corrected chi connectivity index (χ4v) is 2.33. The summed E-state index contributed by atoms with van der Waals surface area (Å²) in [4.78, 5) is 6.53. The molecule has 2 rings (SSSR count). The average Bonchev–Trinajstić information content (AvgIpc) is 2.57. The fraction of sp³-hybridized carbons (Fsp3) is 0.263. The molecule has 0 N–H and O–H groups in total. The molecule has 0 atom stereocenters. The normalized spacial score (nSPS) is 10.7. The molecule has 0 heterocycles. The second-order valence-electron chi connectivity index (χ2n) is 5.51. The average molecular weight is 326 g/mol. The van der Waals surface area contributed by atoms with E-state index in [0.29, 0.717) is 5.56 Å². The van der Waals surface area contributed by atoms with Crippen LogP contribution in [0.5, 0.6) is 0 Å². The Balaban J connectivity index is 2.37. The molecule has 0 spiro atoms. The molecule has 0 unspecified atom stereocenters. The van der Waals surface area contributed by atoms with Gasteiger partial charge in [0.2, 0.25) is 0 Å². The van der Waals surface area contributed by atoms with Gasteiger partial charge in [0.05, 0.1) is 23.7 Å². The highest BCUT2D eigenvalue weighted by Crippen LogP contribution is 2.26. The largest absolute Gasteiger partial charge is 0.366 e. The van der Waals surface area contributed by atoms with Gasteiger partial charge in [0, 0.05) is 18.6 Å². The van der Waals surface area contributed by atoms with Crippen LogP contribution in [0.25, 0.3) is 0 Å². The van der Waals surface area contributed by atoms with E-state index in [9.17, 15) is 5.26 Å². The summed E-state index contributed by atoms with van der Waals surface area (Å²) >= 11 is 5.94. The van der Waals surface area contributed by atoms with E-state index >= 15 is 0 Å². The van der Waals surface area contributed by atoms with Crippen LogP contribution in [0.3, 0.4) is 0 Å². The van der Waals surface area contributed by atoms with E-state index in [1.165, 1.54) is 0 Å². The molecule has 0 amide bonds. The molecule has 23 heavy (non-hydrogen) atoms. The molecule has 0 aliphatic rings. The molecule has 0 bridgehead atoms. The predicted octanol–water partition coefficient (Wildman–Crippen LogP) is 4.72. The molecule has 4 heteroatoms. The zero-order valence-electron chi connectivity index (χ0n) is 13.7. The smallest absolute Gasteiger partial charge is 0.0992 e. The molecule has 0 aliphatic heterocycles. The Kier molecular flexibility index (Phi) is 5.78. The van der Waals surface area contributed by atoms with E-state index in [2.05, 4.69) is 18.0 Å². The molecule has 0 aromatic heterocycles. The first kappa shape index (κ1) is 17.1. The number of nitriles is 1. The van der Waals surface area contributed by atoms with E-state index in [4.69, 9.17) is 11.6 Å². The van der Waals surface area contributed by atoms with Crippen LogP contribution in [0.1, 0.15) is 29.2 Å². The van der Waals surface area contributed by atoms with Crippen LogP contribution in [-0.2, 0) is 6.42 Å². The highest BCUT2D eigenvalue weighted by Gasteiger charge is 2.08. The zero-order chi connectivity index (χ0) is 16.8. The lowest BCUT2D eigenvalue weighted by molar-refractivity contribution is 0.552. The van der Waals surface area contributed by atoms with Crippen molar-refractivity contribution in [2.75, 3.05) is 13.6 Å². The summed E-state index contributed by atoms with van der Waals surface area (Å²) in [7, 11) is 1.97. The molecule has 2 aromatic rings. The van der Waals surface area contributed by atoms with E-state index in [1.807, 2.05) is 55.3 Å². The zero-order valence-corrected chi connectivity index (χ0v) is 14.4. The first-order chi connectivity index (χ1) is 11.0. The Morgan fingerprint density at radius 1 is 1.26 bits per heavy atom. The van der Waals surface area contributed by atoms with Crippen molar-refractivity contribution in [1.82, 2.24) is 4.90 Å². The predicted molar refractivity (Wildman–Crippen MR) is 96.6 cm³/mol. The number of halogens is 1. The molecule has 0 aliphatic carbocycles. The van der Waals surface area contributed by atoms with E-state index in [1.54, 1.807) is 6.34 Å². The highest BCUT2D eigenvalue weighted by atomic mass is 35.5. The second kappa shape index (κ2) is 7.80. The maximum Gasteiger partial charge on any atom is 0.0992 e. The van der Waals surface area contributed by atoms with Crippen molar-refractivity contribution in [3.8, 4) is 6.07 Å². The van der Waals surface area contributed by atoms with Crippen molar-refractivity contribution in [3.63, 3.8) is 0 Å². The van der Waals surface area contributed by atoms with Gasteiger partial charge in [-0.15, -0.1) is 0 Å². The number of hydrogen-bond acceptors (Lipinski definition) is 2. The lowest BCUT2D eigenvalue weighted by atomic mass is 9.97. The lowest BCUT2D eigenvalue weighted by Crippen LogP contribution is -2.14. The van der Waals surface area contributed by atoms with Crippen molar-refractivity contribution in [2.45, 2.75) is 20.3 Å². The quantitative estimate of drug-likeness (QED) is 0.589. The molecule has 118 valence electrons. The van der Waals surface area contributed by atoms with Gasteiger partial charge in [-0.05, 0) is 61.2 Å². The molecule has 3 nitrogen and oxygen atoms in total. The number of rotatable bonds is 5. The van der Waals surface area contributed by atoms with Crippen molar-refractivity contribution in [3.05, 3.63) is 63.7 Å². The van der Waals surface area contributed by atoms with E-state index < -0.39 is 0 Å². The van der Waals surface area contributed by atoms with Gasteiger partial charge in [-0.3, -0.25) is 0 Å². The molecule has 0 radical (unpaired) electrons. The topological polar surface area (TPSA) is 39.4 Å². The van der Waals surface area contributed by atoms with Crippen LogP contribution >= 0.6 is 11.6 Å². The number of benzene rings is 2. The first-order valence-corrected chi connectivity index (χ1v) is 7.93. The maximum atomic E-state index is 9.27. The van der Waals surface area contributed by atoms with Gasteiger partial charge in [-0.25, -0.2) is 4.99 Å². The minimum atomic E-state index is 0.630. The van der Waals surface area contributed by atoms with Crippen LogP contribution < -0.4 is 0 Å². The maximum absolute atomic E-state index is 9.27. The van der Waals surface area contributed by atoms with E-state index in [-0.39, 0.29) is 0 Å². The van der Waals surface area contributed by atoms with Crippen molar-refractivity contribution in [1.29, 1.82) is 5.26 Å². The third kappa shape index (κ3) is 4.58. The summed E-state index contributed by atoms with van der Waals surface area (Å²) in [5.41, 5.74) is 4.84. The number of hydrogen-bond donors (Lipinski definition) is 0. The molecule has 2 aromatic carbocycles. The standard InChI is InChI=1S/C19H20ClN3/c1-4-23(3)13-22-19-11-16(12-21)10-17(14(19)2)9-15-5-7-18(20)8-6-15/h5-8,10-11,13H,4,9H2,1-3H3/b22-13-. The SMILES string of the molecule is CCN(C)/C=N\c1cc(C#N)cc(Cc2ccc(Cl)cc2)c1C. The molecule has 0 saturated carbocycles. The van der Waals surface area contributed by atoms with Crippen molar-refractivity contribution >= 4 is 23.6 Å². The number of aliphatic imine (C=N–C) groups is 1. The molecule has 0 saturated heterocycles. The van der Waals surface area contributed by atoms with Crippen molar-refractivity contribution < 1.29 is 0 Å². The summed E-state index contributed by atoms with van der Waals surface area (Å²) in [6, 6.07) is 13.8. The molecular formula is C19H20ClN3. The lowest BCUT2D eigenvalue weighted by Gasteiger charge is -2.12. The Labute approximate surface area is 142 Å². The Morgan fingerprint density at radius 3 is 2.57 bits per heavy atom. The van der Waals surface area contributed by atoms with Gasteiger partial charge in [-0.2, -0.15) is 5.26 Å². The molecule has 0 fully saturated rings. The van der Waals surface area contributed by atoms with Gasteiger partial charge >= 0.3 is 0 Å². The van der Waals surface area contributed by atoms with Gasteiger partial charge < -0.3 is 4.90 Å². The monoisotopic (exact) mass is 325 g/mol. The summed E-state index contributed by atoms with van der Waals surface area (Å²) in [5.74, 6) is 0. The second-order valence-corrected chi connectivity index (χ2v) is 5.95. The highest BCUT2D eigenvalue weighted by molar-refractivity contribution is 6.30. The number of nitrogens with zero attached hydrogens (tertiary/aromatic N) is 3. The summed E-state index contributed by atoms with van der Waals surface area (Å²) < 4.78 is 0. The van der Waals surface area contributed by atoms with Gasteiger partial charge in [0.1, 0.15) is 0 Å². The summed E-state index contributed by atoms with van der Waals surface area (Å²) in [5, 5.41) is 10.00. The molecular weight excluding hydrogens is 306 g/mol. The van der Waals surface area contributed by atoms with Crippen LogP contribution in [0.4, 0.5) is 5.69 Å². The Hall–Kier alpha value is -2.31.